The van der Waals surface area contributed by atoms with Crippen LogP contribution in [-0.2, 0) is 14.8 Å². The van der Waals surface area contributed by atoms with Crippen LogP contribution in [0.4, 0.5) is 11.4 Å². The standard InChI is InChI=1S/C14H13ClN2O3S/c1-10(18)16-12-4-6-13(7-5-12)17-21(19,20)14-8-2-11(15)3-9-14/h2-9,17H,1H3,(H,16,18). The van der Waals surface area contributed by atoms with E-state index in [2.05, 4.69) is 10.0 Å². The topological polar surface area (TPSA) is 75.3 Å². The molecule has 2 rings (SSSR count). The zero-order chi connectivity index (χ0) is 15.5. The Morgan fingerprint density at radius 1 is 0.952 bits per heavy atom. The molecule has 1 amide bonds. The number of hydrogen-bond donors (Lipinski definition) is 2. The molecule has 0 bridgehead atoms. The summed E-state index contributed by atoms with van der Waals surface area (Å²) >= 11 is 5.73. The smallest absolute Gasteiger partial charge is 0.261 e. The molecule has 21 heavy (non-hydrogen) atoms. The third-order valence-corrected chi connectivity index (χ3v) is 4.23. The molecule has 0 saturated carbocycles. The van der Waals surface area contributed by atoms with E-state index in [0.29, 0.717) is 16.4 Å². The van der Waals surface area contributed by atoms with Gasteiger partial charge in [-0.25, -0.2) is 8.42 Å². The van der Waals surface area contributed by atoms with E-state index in [4.69, 9.17) is 11.6 Å². The number of nitrogens with one attached hydrogen (secondary N) is 2. The summed E-state index contributed by atoms with van der Waals surface area (Å²) in [5, 5.41) is 3.07. The summed E-state index contributed by atoms with van der Waals surface area (Å²) in [4.78, 5) is 11.0. The molecule has 0 aliphatic carbocycles. The third-order valence-electron chi connectivity index (χ3n) is 2.58. The Morgan fingerprint density at radius 2 is 1.48 bits per heavy atom. The Labute approximate surface area is 128 Å². The molecule has 2 aromatic rings. The molecule has 0 atom stereocenters. The number of rotatable bonds is 4. The Morgan fingerprint density at radius 3 is 2.00 bits per heavy atom. The second kappa shape index (κ2) is 6.15. The molecule has 0 aliphatic rings. The van der Waals surface area contributed by atoms with E-state index in [0.717, 1.165) is 0 Å². The maximum atomic E-state index is 12.2. The number of carbonyl (C=O) groups is 1. The first kappa shape index (κ1) is 15.3. The van der Waals surface area contributed by atoms with Crippen molar-refractivity contribution in [3.05, 3.63) is 53.6 Å². The van der Waals surface area contributed by atoms with Gasteiger partial charge in [-0.05, 0) is 48.5 Å². The van der Waals surface area contributed by atoms with Crippen molar-refractivity contribution in [1.82, 2.24) is 0 Å². The van der Waals surface area contributed by atoms with Crippen molar-refractivity contribution < 1.29 is 13.2 Å². The van der Waals surface area contributed by atoms with E-state index in [1.54, 1.807) is 24.3 Å². The van der Waals surface area contributed by atoms with Crippen molar-refractivity contribution in [1.29, 1.82) is 0 Å². The van der Waals surface area contributed by atoms with Crippen molar-refractivity contribution >= 4 is 38.9 Å². The molecule has 7 heteroatoms. The van der Waals surface area contributed by atoms with Gasteiger partial charge in [0.25, 0.3) is 10.0 Å². The predicted molar refractivity (Wildman–Crippen MR) is 83.0 cm³/mol. The maximum Gasteiger partial charge on any atom is 0.261 e. The number of carbonyl (C=O) groups excluding carboxylic acids is 1. The van der Waals surface area contributed by atoms with Gasteiger partial charge < -0.3 is 5.32 Å². The molecular weight excluding hydrogens is 312 g/mol. The van der Waals surface area contributed by atoms with Crippen LogP contribution in [0.25, 0.3) is 0 Å². The molecule has 2 N–H and O–H groups in total. The molecule has 2 aromatic carbocycles. The molecule has 0 heterocycles. The maximum absolute atomic E-state index is 12.2. The van der Waals surface area contributed by atoms with Crippen molar-refractivity contribution in [2.75, 3.05) is 10.0 Å². The van der Waals surface area contributed by atoms with Crippen LogP contribution in [0.1, 0.15) is 6.92 Å². The van der Waals surface area contributed by atoms with Crippen LogP contribution in [0, 0.1) is 0 Å². The average Bonchev–Trinajstić information content (AvgIpc) is 2.40. The van der Waals surface area contributed by atoms with Gasteiger partial charge in [0, 0.05) is 23.3 Å². The molecule has 0 spiro atoms. The van der Waals surface area contributed by atoms with Gasteiger partial charge in [-0.15, -0.1) is 0 Å². The fraction of sp³-hybridized carbons (Fsp3) is 0.0714. The zero-order valence-electron chi connectivity index (χ0n) is 11.1. The van der Waals surface area contributed by atoms with E-state index in [1.165, 1.54) is 31.2 Å². The number of anilines is 2. The molecule has 0 aliphatic heterocycles. The highest BCUT2D eigenvalue weighted by Gasteiger charge is 2.13. The molecule has 0 radical (unpaired) electrons. The summed E-state index contributed by atoms with van der Waals surface area (Å²) in [7, 11) is -3.66. The highest BCUT2D eigenvalue weighted by molar-refractivity contribution is 7.92. The Hall–Kier alpha value is -2.05. The lowest BCUT2D eigenvalue weighted by molar-refractivity contribution is -0.114. The van der Waals surface area contributed by atoms with Crippen molar-refractivity contribution in [3.63, 3.8) is 0 Å². The number of halogens is 1. The minimum Gasteiger partial charge on any atom is -0.326 e. The summed E-state index contributed by atoms with van der Waals surface area (Å²) in [5.74, 6) is -0.190. The fourth-order valence-electron chi connectivity index (χ4n) is 1.65. The summed E-state index contributed by atoms with van der Waals surface area (Å²) < 4.78 is 26.8. The van der Waals surface area contributed by atoms with Crippen LogP contribution < -0.4 is 10.0 Å². The van der Waals surface area contributed by atoms with Gasteiger partial charge >= 0.3 is 0 Å². The van der Waals surface area contributed by atoms with Gasteiger partial charge in [0.2, 0.25) is 5.91 Å². The minimum atomic E-state index is -3.66. The van der Waals surface area contributed by atoms with Crippen LogP contribution in [-0.4, -0.2) is 14.3 Å². The van der Waals surface area contributed by atoms with Gasteiger partial charge in [0.05, 0.1) is 4.90 Å². The number of sulfonamides is 1. The van der Waals surface area contributed by atoms with Crippen LogP contribution in [0.3, 0.4) is 0 Å². The fourth-order valence-corrected chi connectivity index (χ4v) is 2.84. The van der Waals surface area contributed by atoms with Crippen molar-refractivity contribution in [2.45, 2.75) is 11.8 Å². The van der Waals surface area contributed by atoms with Crippen molar-refractivity contribution in [3.8, 4) is 0 Å². The quantitative estimate of drug-likeness (QED) is 0.907. The molecule has 110 valence electrons. The van der Waals surface area contributed by atoms with E-state index in [-0.39, 0.29) is 10.8 Å². The summed E-state index contributed by atoms with van der Waals surface area (Å²) in [6.07, 6.45) is 0. The van der Waals surface area contributed by atoms with E-state index >= 15 is 0 Å². The highest BCUT2D eigenvalue weighted by Crippen LogP contribution is 2.19. The highest BCUT2D eigenvalue weighted by atomic mass is 35.5. The SMILES string of the molecule is CC(=O)Nc1ccc(NS(=O)(=O)c2ccc(Cl)cc2)cc1. The molecule has 0 unspecified atom stereocenters. The summed E-state index contributed by atoms with van der Waals surface area (Å²) in [6.45, 7) is 1.40. The van der Waals surface area contributed by atoms with Crippen LogP contribution in [0.15, 0.2) is 53.4 Å². The monoisotopic (exact) mass is 324 g/mol. The number of benzene rings is 2. The van der Waals surface area contributed by atoms with Gasteiger partial charge in [-0.2, -0.15) is 0 Å². The predicted octanol–water partition coefficient (Wildman–Crippen LogP) is 3.10. The Kier molecular flexibility index (Phi) is 4.50. The molecule has 0 saturated heterocycles. The normalized spacial score (nSPS) is 11.0. The minimum absolute atomic E-state index is 0.123. The van der Waals surface area contributed by atoms with Gasteiger partial charge in [-0.1, -0.05) is 11.6 Å². The van der Waals surface area contributed by atoms with Crippen LogP contribution in [0.5, 0.6) is 0 Å². The first-order valence-corrected chi connectivity index (χ1v) is 7.89. The lowest BCUT2D eigenvalue weighted by atomic mass is 10.3. The van der Waals surface area contributed by atoms with Gasteiger partial charge in [0.15, 0.2) is 0 Å². The Bertz CT molecular complexity index is 741. The van der Waals surface area contributed by atoms with E-state index in [1.807, 2.05) is 0 Å². The van der Waals surface area contributed by atoms with Crippen LogP contribution in [0.2, 0.25) is 5.02 Å². The average molecular weight is 325 g/mol. The zero-order valence-corrected chi connectivity index (χ0v) is 12.7. The third kappa shape index (κ3) is 4.21. The first-order chi connectivity index (χ1) is 9.87. The number of hydrogen-bond acceptors (Lipinski definition) is 3. The first-order valence-electron chi connectivity index (χ1n) is 6.03. The van der Waals surface area contributed by atoms with Gasteiger partial charge in [-0.3, -0.25) is 9.52 Å². The lowest BCUT2D eigenvalue weighted by Crippen LogP contribution is -2.13. The summed E-state index contributed by atoms with van der Waals surface area (Å²) in [6, 6.07) is 12.2. The van der Waals surface area contributed by atoms with Crippen molar-refractivity contribution in [2.24, 2.45) is 0 Å². The van der Waals surface area contributed by atoms with E-state index < -0.39 is 10.0 Å². The second-order valence-corrected chi connectivity index (χ2v) is 6.44. The molecule has 0 aromatic heterocycles. The van der Waals surface area contributed by atoms with Gasteiger partial charge in [0.1, 0.15) is 0 Å². The second-order valence-electron chi connectivity index (χ2n) is 4.32. The number of amides is 1. The van der Waals surface area contributed by atoms with E-state index in [9.17, 15) is 13.2 Å². The molecule has 5 nitrogen and oxygen atoms in total. The summed E-state index contributed by atoms with van der Waals surface area (Å²) in [5.41, 5.74) is 0.996. The largest absolute Gasteiger partial charge is 0.326 e. The Balaban J connectivity index is 2.16. The lowest BCUT2D eigenvalue weighted by Gasteiger charge is -2.09. The molecular formula is C14H13ClN2O3S. The molecule has 0 fully saturated rings. The van der Waals surface area contributed by atoms with Crippen LogP contribution >= 0.6 is 11.6 Å².